The Morgan fingerprint density at radius 2 is 0.623 bits per heavy atom. The fourth-order valence-corrected chi connectivity index (χ4v) is 11.6. The molecule has 2 N–H and O–H groups in total. The lowest BCUT2D eigenvalue weighted by Crippen LogP contribution is -2.54. The van der Waals surface area contributed by atoms with Crippen LogP contribution in [0, 0.1) is 29.6 Å². The number of rotatable bonds is 15. The zero-order valence-electron chi connectivity index (χ0n) is 76.7. The minimum absolute atomic E-state index is 0.00292. The van der Waals surface area contributed by atoms with E-state index < -0.39 is 159 Å². The number of amides is 3. The van der Waals surface area contributed by atoms with Gasteiger partial charge in [-0.3, -0.25) is 43.5 Å². The lowest BCUT2D eigenvalue weighted by atomic mass is 9.82. The number of aromatic carboxylic acids is 1. The number of carbonyl (C=O) groups excluding carboxylic acids is 14. The maximum absolute atomic E-state index is 12.7. The normalized spacial score (nSPS) is 19.2. The number of methoxy groups -OCH3 is 4. The van der Waals surface area contributed by atoms with Crippen LogP contribution in [0.3, 0.4) is 0 Å². The lowest BCUT2D eigenvalue weighted by molar-refractivity contribution is -0.165. The molecule has 1 aliphatic carbocycles. The zero-order valence-corrected chi connectivity index (χ0v) is 76.7. The Hall–Kier alpha value is -10.6. The summed E-state index contributed by atoms with van der Waals surface area (Å²) in [7, 11) is 5.24. The number of nitrogens with zero attached hydrogens (tertiary/aromatic N) is 5. The maximum atomic E-state index is 12.7. The van der Waals surface area contributed by atoms with Crippen LogP contribution >= 0.6 is 0 Å². The fourth-order valence-electron chi connectivity index (χ4n) is 11.6. The van der Waals surface area contributed by atoms with Gasteiger partial charge in [-0.2, -0.15) is 0 Å². The molecule has 3 aliphatic heterocycles. The minimum atomic E-state index is -1.13. The molecule has 122 heavy (non-hydrogen) atoms. The van der Waals surface area contributed by atoms with Crippen LogP contribution in [-0.4, -0.2) is 248 Å². The van der Waals surface area contributed by atoms with E-state index in [1.165, 1.54) is 73.6 Å². The summed E-state index contributed by atoms with van der Waals surface area (Å²) in [4.78, 5) is 200. The number of aromatic nitrogens is 2. The topological polar surface area (TPSA) is 469 Å². The second-order valence-corrected chi connectivity index (χ2v) is 36.9. The van der Waals surface area contributed by atoms with E-state index in [2.05, 4.69) is 19.4 Å². The van der Waals surface area contributed by atoms with Crippen LogP contribution in [0.25, 0.3) is 0 Å². The molecule has 3 saturated heterocycles. The first-order valence-corrected chi connectivity index (χ1v) is 40.2. The Balaban J connectivity index is 0.000000743. The van der Waals surface area contributed by atoms with Gasteiger partial charge in [0.2, 0.25) is 0 Å². The van der Waals surface area contributed by atoms with Gasteiger partial charge >= 0.3 is 89.9 Å². The van der Waals surface area contributed by atoms with Crippen molar-refractivity contribution in [1.82, 2.24) is 24.7 Å². The molecule has 4 fully saturated rings. The molecule has 0 radical (unpaired) electrons. The van der Waals surface area contributed by atoms with E-state index in [0.717, 1.165) is 19.0 Å². The Morgan fingerprint density at radius 3 is 0.918 bits per heavy atom. The number of hydrogen-bond acceptors (Lipinski definition) is 31. The van der Waals surface area contributed by atoms with Crippen molar-refractivity contribution in [3.8, 4) is 0 Å². The Labute approximate surface area is 716 Å². The van der Waals surface area contributed by atoms with Gasteiger partial charge < -0.3 is 71.8 Å². The number of hydrogen-bond donors (Lipinski definition) is 2. The molecule has 1 saturated carbocycles. The van der Waals surface area contributed by atoms with Crippen LogP contribution in [-0.2, 0) is 105 Å². The van der Waals surface area contributed by atoms with E-state index in [9.17, 15) is 81.8 Å². The molecule has 5 heterocycles. The molecule has 0 spiro atoms. The quantitative estimate of drug-likeness (QED) is 0.0950. The molecule has 2 aromatic heterocycles. The standard InChI is InChI=1S/C20H33NO7.C17H29NO6.C16H27NO6.C13H22O4.C12H15NO4.C8H7NO4/c1-8-26-16(23)11-15(22)13-9-10-14(17(24)27-19(2,3)4)21(12-13)18(25)28-20(5,6)7;1-16(2,3)23-14(20)12-9-8-11(13(19)22-7)10-18(12)15(21)24-17(4,5)6;1-15(2,3)22-13(20)11-8-7-10(12(18)19)9-17(11)14(21)23-16(4,5)6;1-13(2,3)17-12(15)10-7-5-9(6-8-10)11(14)16-4;1-12(2,3)17-11(15)9-6-5-8(7-13-9)10(14)16-4;1-13-8(12)5-2-3-6(7(10)11)9-4-5/h13-14H,8-12H2,1-7H3;11-12H,8-10H2,1-7H3;10-11H,7-9H2,1-6H3,(H,18,19);9-10H,5-8H2,1-4H3;5-7H,1-4H3;2-4H,1H3,(H,10,11)/t13-,14?;11-,12-;10-,11?;;;/m000.../s1. The maximum Gasteiger partial charge on any atom is 0.411 e. The second-order valence-electron chi connectivity index (χ2n) is 36.9. The number of carbonyl (C=O) groups is 16. The monoisotopic (exact) mass is 1730 g/mol. The summed E-state index contributed by atoms with van der Waals surface area (Å²) in [6, 6.07) is 3.08. The smallest absolute Gasteiger partial charge is 0.411 e. The summed E-state index contributed by atoms with van der Waals surface area (Å²) in [5, 5.41) is 17.7. The molecule has 4 aliphatic rings. The largest absolute Gasteiger partial charge is 0.481 e. The zero-order chi connectivity index (χ0) is 94.4. The van der Waals surface area contributed by atoms with E-state index in [0.29, 0.717) is 44.1 Å². The molecule has 3 amide bonds. The Morgan fingerprint density at radius 1 is 0.336 bits per heavy atom. The molecular formula is C86H133N5O31. The summed E-state index contributed by atoms with van der Waals surface area (Å²) in [6.45, 7) is 44.1. The second kappa shape index (κ2) is 47.7. The lowest BCUT2D eigenvalue weighted by Gasteiger charge is -2.39. The number of ketones is 1. The first-order chi connectivity index (χ1) is 55.7. The van der Waals surface area contributed by atoms with E-state index >= 15 is 0 Å². The van der Waals surface area contributed by atoms with Gasteiger partial charge in [-0.1, -0.05) is 0 Å². The molecule has 2 unspecified atom stereocenters. The highest BCUT2D eigenvalue weighted by atomic mass is 16.6. The number of esters is 10. The third-order valence-corrected chi connectivity index (χ3v) is 16.8. The highest BCUT2D eigenvalue weighted by Crippen LogP contribution is 2.34. The van der Waals surface area contributed by atoms with Crippen LogP contribution in [0.4, 0.5) is 14.4 Å². The van der Waals surface area contributed by atoms with Gasteiger partial charge in [-0.15, -0.1) is 0 Å². The van der Waals surface area contributed by atoms with Gasteiger partial charge in [-0.05, 0) is 262 Å². The number of ether oxygens (including phenoxy) is 13. The van der Waals surface area contributed by atoms with E-state index in [1.54, 1.807) is 152 Å². The van der Waals surface area contributed by atoms with Gasteiger partial charge in [0, 0.05) is 37.9 Å². The van der Waals surface area contributed by atoms with E-state index in [-0.39, 0.29) is 92.0 Å². The number of likely N-dealkylation sites (tertiary alicyclic amines) is 3. The third kappa shape index (κ3) is 42.8. The van der Waals surface area contributed by atoms with Crippen LogP contribution in [0.5, 0.6) is 0 Å². The Kier molecular flexibility index (Phi) is 42.8. The van der Waals surface area contributed by atoms with E-state index in [4.69, 9.17) is 57.2 Å². The molecular weight excluding hydrogens is 1600 g/mol. The first-order valence-electron chi connectivity index (χ1n) is 40.2. The van der Waals surface area contributed by atoms with Crippen LogP contribution in [0.15, 0.2) is 36.7 Å². The predicted octanol–water partition coefficient (Wildman–Crippen LogP) is 12.5. The molecule has 2 aromatic rings. The predicted molar refractivity (Wildman–Crippen MR) is 438 cm³/mol. The highest BCUT2D eigenvalue weighted by molar-refractivity contribution is 5.98. The molecule has 0 bridgehead atoms. The number of piperidine rings is 3. The Bertz CT molecular complexity index is 3870. The number of carboxylic acids is 2. The number of pyridine rings is 2. The molecule has 688 valence electrons. The van der Waals surface area contributed by atoms with Crippen LogP contribution < -0.4 is 0 Å². The molecule has 6 atom stereocenters. The van der Waals surface area contributed by atoms with Crippen molar-refractivity contribution >= 4 is 95.7 Å². The van der Waals surface area contributed by atoms with E-state index in [1.807, 2.05) is 20.8 Å². The highest BCUT2D eigenvalue weighted by Gasteiger charge is 2.46. The average molecular weight is 1730 g/mol. The number of Topliss-reactive ketones (excluding diaryl/α,β-unsaturated/α-hetero) is 1. The fraction of sp³-hybridized carbons (Fsp3) is 0.698. The van der Waals surface area contributed by atoms with Crippen molar-refractivity contribution in [1.29, 1.82) is 0 Å². The van der Waals surface area contributed by atoms with Gasteiger partial charge in [0.1, 0.15) is 86.5 Å². The third-order valence-electron chi connectivity index (χ3n) is 16.8. The average Bonchev–Trinajstić information content (AvgIpc) is 0.805. The SMILES string of the molecule is CC(C)(C)OC(=O)C1CC[C@H](C(=O)O)CN1C(=O)OC(C)(C)C.CCOC(=O)CC(=O)[C@H]1CCC(C(=O)OC(C)(C)C)N(C(=O)OC(C)(C)C)C1.COC(=O)C1CCC(C(=O)OC(C)(C)C)CC1.COC(=O)[C@H]1CC[C@@H](C(=O)OC(C)(C)C)N(C(=O)OC(C)(C)C)C1.COC(=O)c1ccc(C(=O)O)nc1.COC(=O)c1ccc(C(=O)OC(C)(C)C)nc1. The number of carboxylic acid groups (broad SMARTS) is 2. The first kappa shape index (κ1) is 109. The van der Waals surface area contributed by atoms with Crippen molar-refractivity contribution < 1.29 is 149 Å². The number of aliphatic carboxylic acids is 1. The van der Waals surface area contributed by atoms with Gasteiger partial charge in [0.05, 0.1) is 69.8 Å². The van der Waals surface area contributed by atoms with Crippen LogP contribution in [0.2, 0.25) is 0 Å². The summed E-state index contributed by atoms with van der Waals surface area (Å²) in [5.74, 6) is -8.66. The minimum Gasteiger partial charge on any atom is -0.481 e. The van der Waals surface area contributed by atoms with Crippen molar-refractivity contribution in [2.24, 2.45) is 29.6 Å². The van der Waals surface area contributed by atoms with Crippen molar-refractivity contribution in [2.75, 3.05) is 54.7 Å². The van der Waals surface area contributed by atoms with Crippen LogP contribution in [0.1, 0.15) is 285 Å². The van der Waals surface area contributed by atoms with Gasteiger partial charge in [-0.25, -0.2) is 57.9 Å². The molecule has 0 aromatic carbocycles. The molecule has 36 nitrogen and oxygen atoms in total. The van der Waals surface area contributed by atoms with Crippen molar-refractivity contribution in [3.05, 3.63) is 59.2 Å². The summed E-state index contributed by atoms with van der Waals surface area (Å²) in [6.07, 6.45) is 4.93. The summed E-state index contributed by atoms with van der Waals surface area (Å²) < 4.78 is 66.0. The molecule has 36 heteroatoms. The van der Waals surface area contributed by atoms with Gasteiger partial charge in [0.25, 0.3) is 0 Å². The van der Waals surface area contributed by atoms with Crippen molar-refractivity contribution in [2.45, 2.75) is 307 Å². The summed E-state index contributed by atoms with van der Waals surface area (Å²) in [5.41, 5.74) is -4.65. The summed E-state index contributed by atoms with van der Waals surface area (Å²) >= 11 is 0. The molecule has 6 rings (SSSR count). The van der Waals surface area contributed by atoms with Crippen molar-refractivity contribution in [3.63, 3.8) is 0 Å². The van der Waals surface area contributed by atoms with Gasteiger partial charge in [0.15, 0.2) is 0 Å².